The van der Waals surface area contributed by atoms with E-state index in [0.29, 0.717) is 11.4 Å². The van der Waals surface area contributed by atoms with Crippen LogP contribution in [0.25, 0.3) is 5.69 Å². The smallest absolute Gasteiger partial charge is 0.295 e. The molecule has 0 spiro atoms. The first-order valence-electron chi connectivity index (χ1n) is 11.1. The number of sulfonamides is 1. The molecule has 0 unspecified atom stereocenters. The first kappa shape index (κ1) is 25.4. The van der Waals surface area contributed by atoms with Crippen LogP contribution in [0.15, 0.2) is 94.6 Å². The standard InChI is InChI=1S/C25H23N5O6S/c1-18-24(25(32)29(27(18)2)20-13-7-4-8-14-20)26-23(31)17-28(19-11-5-3-6-12-19)37(35,36)22-16-10-9-15-21(22)30(33)34/h3-16H,17H2,1-2H3,(H,26,31). The summed E-state index contributed by atoms with van der Waals surface area (Å²) >= 11 is 0. The van der Waals surface area contributed by atoms with Crippen molar-refractivity contribution in [3.63, 3.8) is 0 Å². The number of rotatable bonds is 8. The van der Waals surface area contributed by atoms with Crippen molar-refractivity contribution in [1.29, 1.82) is 0 Å². The van der Waals surface area contributed by atoms with Gasteiger partial charge in [0, 0.05) is 13.1 Å². The third kappa shape index (κ3) is 4.86. The Morgan fingerprint density at radius 1 is 0.973 bits per heavy atom. The molecule has 0 aliphatic rings. The minimum absolute atomic E-state index is 0.00699. The van der Waals surface area contributed by atoms with Crippen molar-refractivity contribution in [2.24, 2.45) is 7.05 Å². The van der Waals surface area contributed by atoms with E-state index in [1.165, 1.54) is 28.9 Å². The number of nitro benzene ring substituents is 1. The van der Waals surface area contributed by atoms with Crippen LogP contribution < -0.4 is 15.2 Å². The fourth-order valence-corrected chi connectivity index (χ4v) is 5.46. The predicted octanol–water partition coefficient (Wildman–Crippen LogP) is 3.23. The highest BCUT2D eigenvalue weighted by Gasteiger charge is 2.33. The van der Waals surface area contributed by atoms with E-state index < -0.39 is 43.5 Å². The van der Waals surface area contributed by atoms with Crippen LogP contribution in [0, 0.1) is 17.0 Å². The molecule has 0 saturated heterocycles. The summed E-state index contributed by atoms with van der Waals surface area (Å²) < 4.78 is 30.9. The summed E-state index contributed by atoms with van der Waals surface area (Å²) in [5.74, 6) is -0.794. The van der Waals surface area contributed by atoms with Crippen molar-refractivity contribution in [2.75, 3.05) is 16.2 Å². The Kier molecular flexibility index (Phi) is 6.94. The van der Waals surface area contributed by atoms with Gasteiger partial charge in [0.1, 0.15) is 12.2 Å². The number of hydrogen-bond acceptors (Lipinski definition) is 6. The van der Waals surface area contributed by atoms with E-state index in [4.69, 9.17) is 0 Å². The highest BCUT2D eigenvalue weighted by atomic mass is 32.2. The number of hydrogen-bond donors (Lipinski definition) is 1. The van der Waals surface area contributed by atoms with Crippen molar-refractivity contribution >= 4 is 33.0 Å². The Bertz CT molecular complexity index is 1630. The Labute approximate surface area is 212 Å². The number of nitrogens with zero attached hydrogens (tertiary/aromatic N) is 4. The molecule has 3 aromatic carbocycles. The molecular formula is C25H23N5O6S. The van der Waals surface area contributed by atoms with Gasteiger partial charge in [0.05, 0.1) is 22.0 Å². The SMILES string of the molecule is Cc1c(NC(=O)CN(c2ccccc2)S(=O)(=O)c2ccccc2[N+](=O)[O-])c(=O)n(-c2ccccc2)n1C. The van der Waals surface area contributed by atoms with Crippen LogP contribution in [0.1, 0.15) is 5.69 Å². The summed E-state index contributed by atoms with van der Waals surface area (Å²) in [7, 11) is -2.88. The number of anilines is 2. The predicted molar refractivity (Wildman–Crippen MR) is 138 cm³/mol. The highest BCUT2D eigenvalue weighted by molar-refractivity contribution is 7.93. The fraction of sp³-hybridized carbons (Fsp3) is 0.120. The lowest BCUT2D eigenvalue weighted by molar-refractivity contribution is -0.387. The van der Waals surface area contributed by atoms with Gasteiger partial charge < -0.3 is 5.32 Å². The zero-order valence-electron chi connectivity index (χ0n) is 19.9. The fourth-order valence-electron chi connectivity index (χ4n) is 3.88. The molecular weight excluding hydrogens is 498 g/mol. The van der Waals surface area contributed by atoms with E-state index in [-0.39, 0.29) is 11.4 Å². The molecule has 1 N–H and O–H groups in total. The van der Waals surface area contributed by atoms with Gasteiger partial charge >= 0.3 is 0 Å². The molecule has 0 aliphatic carbocycles. The second-order valence-corrected chi connectivity index (χ2v) is 9.89. The number of amides is 1. The minimum Gasteiger partial charge on any atom is -0.318 e. The van der Waals surface area contributed by atoms with Crippen LogP contribution in [-0.4, -0.2) is 35.2 Å². The van der Waals surface area contributed by atoms with Crippen LogP contribution in [-0.2, 0) is 21.9 Å². The Balaban J connectivity index is 1.72. The van der Waals surface area contributed by atoms with Gasteiger partial charge in [0.2, 0.25) is 5.91 Å². The van der Waals surface area contributed by atoms with Crippen molar-refractivity contribution in [2.45, 2.75) is 11.8 Å². The van der Waals surface area contributed by atoms with Gasteiger partial charge in [-0.3, -0.25) is 28.7 Å². The molecule has 11 nitrogen and oxygen atoms in total. The third-order valence-electron chi connectivity index (χ3n) is 5.78. The summed E-state index contributed by atoms with van der Waals surface area (Å²) in [6, 6.07) is 21.5. The zero-order chi connectivity index (χ0) is 26.7. The molecule has 0 aliphatic heterocycles. The van der Waals surface area contributed by atoms with Gasteiger partial charge in [0.25, 0.3) is 21.3 Å². The van der Waals surface area contributed by atoms with Gasteiger partial charge in [0.15, 0.2) is 4.90 Å². The molecule has 1 amide bonds. The average molecular weight is 522 g/mol. The minimum atomic E-state index is -4.54. The van der Waals surface area contributed by atoms with E-state index in [2.05, 4.69) is 5.32 Å². The lowest BCUT2D eigenvalue weighted by Gasteiger charge is -2.23. The zero-order valence-corrected chi connectivity index (χ0v) is 20.8. The number of aromatic nitrogens is 2. The molecule has 1 heterocycles. The quantitative estimate of drug-likeness (QED) is 0.279. The maximum absolute atomic E-state index is 13.6. The lowest BCUT2D eigenvalue weighted by Crippen LogP contribution is -2.39. The summed E-state index contributed by atoms with van der Waals surface area (Å²) in [5, 5.41) is 14.1. The van der Waals surface area contributed by atoms with Crippen LogP contribution in [0.2, 0.25) is 0 Å². The van der Waals surface area contributed by atoms with E-state index in [0.717, 1.165) is 16.4 Å². The van der Waals surface area contributed by atoms with Crippen LogP contribution in [0.4, 0.5) is 17.1 Å². The molecule has 4 rings (SSSR count). The second-order valence-electron chi connectivity index (χ2n) is 8.06. The van der Waals surface area contributed by atoms with Gasteiger partial charge in [-0.05, 0) is 37.3 Å². The Hall–Kier alpha value is -4.71. The van der Waals surface area contributed by atoms with Crippen LogP contribution in [0.5, 0.6) is 0 Å². The van der Waals surface area contributed by atoms with Gasteiger partial charge in [-0.2, -0.15) is 0 Å². The molecule has 4 aromatic rings. The average Bonchev–Trinajstić information content (AvgIpc) is 3.11. The molecule has 0 fully saturated rings. The summed E-state index contributed by atoms with van der Waals surface area (Å²) in [4.78, 5) is 36.5. The molecule has 0 atom stereocenters. The van der Waals surface area contributed by atoms with Crippen molar-refractivity contribution < 1.29 is 18.1 Å². The summed E-state index contributed by atoms with van der Waals surface area (Å²) in [5.41, 5.74) is 0.0501. The van der Waals surface area contributed by atoms with E-state index in [9.17, 15) is 28.1 Å². The maximum atomic E-state index is 13.6. The summed E-state index contributed by atoms with van der Waals surface area (Å²) in [6.45, 7) is 0.924. The van der Waals surface area contributed by atoms with Gasteiger partial charge in [-0.25, -0.2) is 13.1 Å². The normalized spacial score (nSPS) is 11.2. The van der Waals surface area contributed by atoms with Crippen molar-refractivity contribution in [1.82, 2.24) is 9.36 Å². The number of nitro groups is 1. The van der Waals surface area contributed by atoms with Gasteiger partial charge in [-0.1, -0.05) is 48.5 Å². The van der Waals surface area contributed by atoms with E-state index in [1.54, 1.807) is 61.1 Å². The molecule has 37 heavy (non-hydrogen) atoms. The molecule has 0 bridgehead atoms. The van der Waals surface area contributed by atoms with Crippen LogP contribution in [0.3, 0.4) is 0 Å². The highest BCUT2D eigenvalue weighted by Crippen LogP contribution is 2.29. The largest absolute Gasteiger partial charge is 0.318 e. The number of benzene rings is 3. The van der Waals surface area contributed by atoms with Crippen molar-refractivity contribution in [3.8, 4) is 5.69 Å². The summed E-state index contributed by atoms with van der Waals surface area (Å²) in [6.07, 6.45) is 0. The molecule has 0 saturated carbocycles. The van der Waals surface area contributed by atoms with E-state index in [1.807, 2.05) is 6.07 Å². The number of carbonyl (C=O) groups is 1. The molecule has 1 aromatic heterocycles. The topological polar surface area (TPSA) is 137 Å². The Morgan fingerprint density at radius 3 is 2.16 bits per heavy atom. The first-order chi connectivity index (χ1) is 17.6. The number of para-hydroxylation sites is 3. The Morgan fingerprint density at radius 2 is 1.54 bits per heavy atom. The molecule has 12 heteroatoms. The second kappa shape index (κ2) is 10.1. The number of carbonyl (C=O) groups excluding carboxylic acids is 1. The monoisotopic (exact) mass is 521 g/mol. The molecule has 0 radical (unpaired) electrons. The van der Waals surface area contributed by atoms with Crippen LogP contribution >= 0.6 is 0 Å². The first-order valence-corrected chi connectivity index (χ1v) is 12.5. The third-order valence-corrected chi connectivity index (χ3v) is 7.60. The number of nitrogens with one attached hydrogen (secondary N) is 1. The lowest BCUT2D eigenvalue weighted by atomic mass is 10.3. The maximum Gasteiger partial charge on any atom is 0.295 e. The van der Waals surface area contributed by atoms with E-state index >= 15 is 0 Å². The van der Waals surface area contributed by atoms with Gasteiger partial charge in [-0.15, -0.1) is 0 Å². The van der Waals surface area contributed by atoms with Crippen molar-refractivity contribution in [3.05, 3.63) is 111 Å². The molecule has 190 valence electrons.